The Morgan fingerprint density at radius 2 is 1.92 bits per heavy atom. The van der Waals surface area contributed by atoms with Gasteiger partial charge < -0.3 is 14.7 Å². The molecule has 0 bridgehead atoms. The fraction of sp³-hybridized carbons (Fsp3) is 0.333. The molecule has 6 heteroatoms. The summed E-state index contributed by atoms with van der Waals surface area (Å²) in [6.45, 7) is 1.90. The number of fused-ring (bicyclic) bond motifs is 1. The monoisotopic (exact) mass is 345 g/mol. The molecule has 0 radical (unpaired) electrons. The Balaban J connectivity index is 1.93. The van der Waals surface area contributed by atoms with Crippen molar-refractivity contribution in [2.45, 2.75) is 25.9 Å². The van der Waals surface area contributed by atoms with Crippen LogP contribution in [0.3, 0.4) is 0 Å². The van der Waals surface area contributed by atoms with E-state index in [0.717, 1.165) is 21.0 Å². The molecule has 1 unspecified atom stereocenters. The van der Waals surface area contributed by atoms with Crippen LogP contribution >= 0.6 is 11.3 Å². The van der Waals surface area contributed by atoms with Crippen LogP contribution in [-0.4, -0.2) is 31.1 Å². The smallest absolute Gasteiger partial charge is 0.450 e. The highest BCUT2D eigenvalue weighted by molar-refractivity contribution is 7.12. The lowest BCUT2D eigenvalue weighted by Gasteiger charge is -2.12. The Kier molecular flexibility index (Phi) is 4.32. The number of ether oxygens (including phenoxy) is 1. The number of carboxylic acid groups (broad SMARTS) is 1. The first kappa shape index (κ1) is 16.5. The van der Waals surface area contributed by atoms with E-state index in [1.807, 2.05) is 50.2 Å². The first-order valence-corrected chi connectivity index (χ1v) is 8.54. The molecular formula is C18H19NO4S. The summed E-state index contributed by atoms with van der Waals surface area (Å²) in [6, 6.07) is 7.51. The van der Waals surface area contributed by atoms with Crippen LogP contribution in [0.25, 0.3) is 0 Å². The van der Waals surface area contributed by atoms with Gasteiger partial charge in [-0.25, -0.2) is 4.79 Å². The maximum atomic E-state index is 12.9. The van der Waals surface area contributed by atoms with Crippen LogP contribution in [0.5, 0.6) is 0 Å². The molecule has 0 amide bonds. The number of hydrogen-bond acceptors (Lipinski definition) is 5. The molecule has 0 saturated carbocycles. The average Bonchev–Trinajstić information content (AvgIpc) is 3.05. The minimum Gasteiger partial charge on any atom is -0.450 e. The summed E-state index contributed by atoms with van der Waals surface area (Å²) >= 11 is 1.47. The van der Waals surface area contributed by atoms with Crippen LogP contribution in [0, 0.1) is 6.92 Å². The van der Waals surface area contributed by atoms with Crippen molar-refractivity contribution in [2.75, 3.05) is 19.0 Å². The fourth-order valence-corrected chi connectivity index (χ4v) is 4.39. The second-order valence-corrected chi connectivity index (χ2v) is 7.31. The van der Waals surface area contributed by atoms with Crippen molar-refractivity contribution < 1.29 is 19.4 Å². The molecule has 3 rings (SSSR count). The average molecular weight is 345 g/mol. The highest BCUT2D eigenvalue weighted by Crippen LogP contribution is 2.43. The van der Waals surface area contributed by atoms with Gasteiger partial charge in [0.15, 0.2) is 5.78 Å². The van der Waals surface area contributed by atoms with Crippen molar-refractivity contribution >= 4 is 29.0 Å². The zero-order valence-corrected chi connectivity index (χ0v) is 14.6. The van der Waals surface area contributed by atoms with Gasteiger partial charge in [-0.1, -0.05) is 0 Å². The van der Waals surface area contributed by atoms with E-state index in [0.29, 0.717) is 24.0 Å². The summed E-state index contributed by atoms with van der Waals surface area (Å²) in [7, 11) is 3.91. The van der Waals surface area contributed by atoms with Gasteiger partial charge in [-0.3, -0.25) is 4.79 Å². The third-order valence-electron chi connectivity index (χ3n) is 4.28. The number of nitrogens with zero attached hydrogens (tertiary/aromatic N) is 1. The Morgan fingerprint density at radius 1 is 1.25 bits per heavy atom. The van der Waals surface area contributed by atoms with Crippen LogP contribution in [0.4, 0.5) is 10.5 Å². The first-order chi connectivity index (χ1) is 11.4. The maximum Gasteiger partial charge on any atom is 0.506 e. The molecule has 1 aromatic carbocycles. The van der Waals surface area contributed by atoms with E-state index in [1.165, 1.54) is 11.3 Å². The van der Waals surface area contributed by atoms with E-state index in [4.69, 9.17) is 9.84 Å². The van der Waals surface area contributed by atoms with E-state index >= 15 is 0 Å². The third kappa shape index (κ3) is 2.89. The molecule has 24 heavy (non-hydrogen) atoms. The number of aryl methyl sites for hydroxylation is 1. The number of thiophene rings is 1. The van der Waals surface area contributed by atoms with Crippen molar-refractivity contribution in [1.82, 2.24) is 0 Å². The molecule has 1 aliphatic rings. The molecule has 0 spiro atoms. The van der Waals surface area contributed by atoms with Gasteiger partial charge in [-0.2, -0.15) is 0 Å². The normalized spacial score (nSPS) is 15.9. The van der Waals surface area contributed by atoms with E-state index in [-0.39, 0.29) is 5.78 Å². The van der Waals surface area contributed by atoms with E-state index in [9.17, 15) is 9.59 Å². The van der Waals surface area contributed by atoms with Crippen molar-refractivity contribution in [3.05, 3.63) is 50.7 Å². The molecule has 126 valence electrons. The molecule has 1 heterocycles. The number of rotatable bonds is 4. The van der Waals surface area contributed by atoms with Gasteiger partial charge in [0.2, 0.25) is 0 Å². The molecular weight excluding hydrogens is 326 g/mol. The Labute approximate surface area is 144 Å². The minimum atomic E-state index is -1.27. The Morgan fingerprint density at radius 3 is 2.50 bits per heavy atom. The molecule has 1 atom stereocenters. The zero-order valence-electron chi connectivity index (χ0n) is 13.8. The Bertz CT molecular complexity index is 792. The molecule has 1 aromatic heterocycles. The minimum absolute atomic E-state index is 0.00807. The standard InChI is InChI=1S/C18H19NO4S/c1-10-15(13-8-9-14(17(13)24-10)23-18(21)22)16(20)11-4-6-12(7-5-11)19(2)3/h4-7,14H,8-9H2,1-3H3,(H,21,22). The van der Waals surface area contributed by atoms with Gasteiger partial charge >= 0.3 is 6.16 Å². The number of benzene rings is 1. The number of ketones is 1. The third-order valence-corrected chi connectivity index (χ3v) is 5.52. The molecule has 0 saturated heterocycles. The quantitative estimate of drug-likeness (QED) is 0.669. The summed E-state index contributed by atoms with van der Waals surface area (Å²) in [6.07, 6.45) is -0.438. The van der Waals surface area contributed by atoms with Crippen LogP contribution in [0.15, 0.2) is 24.3 Å². The number of carbonyl (C=O) groups is 2. The summed E-state index contributed by atoms with van der Waals surface area (Å²) in [5.41, 5.74) is 3.34. The van der Waals surface area contributed by atoms with Crippen molar-refractivity contribution in [3.8, 4) is 0 Å². The fourth-order valence-electron chi connectivity index (χ4n) is 3.11. The molecule has 1 aliphatic carbocycles. The highest BCUT2D eigenvalue weighted by atomic mass is 32.1. The second-order valence-electron chi connectivity index (χ2n) is 6.06. The topological polar surface area (TPSA) is 66.8 Å². The highest BCUT2D eigenvalue weighted by Gasteiger charge is 2.33. The number of hydrogen-bond donors (Lipinski definition) is 1. The van der Waals surface area contributed by atoms with Crippen LogP contribution in [0.1, 0.15) is 43.8 Å². The van der Waals surface area contributed by atoms with Crippen LogP contribution in [-0.2, 0) is 11.2 Å². The van der Waals surface area contributed by atoms with Crippen LogP contribution in [0.2, 0.25) is 0 Å². The number of anilines is 1. The summed E-state index contributed by atoms with van der Waals surface area (Å²) < 4.78 is 4.94. The molecule has 0 aliphatic heterocycles. The van der Waals surface area contributed by atoms with E-state index in [1.54, 1.807) is 0 Å². The first-order valence-electron chi connectivity index (χ1n) is 7.72. The van der Waals surface area contributed by atoms with E-state index in [2.05, 4.69) is 0 Å². The largest absolute Gasteiger partial charge is 0.506 e. The summed E-state index contributed by atoms with van der Waals surface area (Å²) in [5, 5.41) is 8.85. The Hall–Kier alpha value is -2.34. The van der Waals surface area contributed by atoms with Gasteiger partial charge in [0, 0.05) is 40.7 Å². The summed E-state index contributed by atoms with van der Waals surface area (Å²) in [5.74, 6) is -0.00807. The lowest BCUT2D eigenvalue weighted by Crippen LogP contribution is -2.09. The van der Waals surface area contributed by atoms with Gasteiger partial charge in [0.1, 0.15) is 6.10 Å². The molecule has 0 fully saturated rings. The molecule has 1 N–H and O–H groups in total. The van der Waals surface area contributed by atoms with Crippen LogP contribution < -0.4 is 4.90 Å². The van der Waals surface area contributed by atoms with Crippen molar-refractivity contribution in [1.29, 1.82) is 0 Å². The SMILES string of the molecule is Cc1sc2c(c1C(=O)c1ccc(N(C)C)cc1)CCC2OC(=O)O. The maximum absolute atomic E-state index is 12.9. The van der Waals surface area contributed by atoms with Gasteiger partial charge in [-0.05, 0) is 49.6 Å². The lowest BCUT2D eigenvalue weighted by molar-refractivity contribution is 0.0532. The van der Waals surface area contributed by atoms with Gasteiger partial charge in [0.25, 0.3) is 0 Å². The predicted octanol–water partition coefficient (Wildman–Crippen LogP) is 4.04. The van der Waals surface area contributed by atoms with Crippen molar-refractivity contribution in [3.63, 3.8) is 0 Å². The zero-order chi connectivity index (χ0) is 17.4. The predicted molar refractivity (Wildman–Crippen MR) is 93.4 cm³/mol. The van der Waals surface area contributed by atoms with Gasteiger partial charge in [0.05, 0.1) is 0 Å². The summed E-state index contributed by atoms with van der Waals surface area (Å²) in [4.78, 5) is 27.5. The lowest BCUT2D eigenvalue weighted by atomic mass is 9.99. The second kappa shape index (κ2) is 6.28. The van der Waals surface area contributed by atoms with Gasteiger partial charge in [-0.15, -0.1) is 11.3 Å². The van der Waals surface area contributed by atoms with E-state index < -0.39 is 12.3 Å². The molecule has 5 nitrogen and oxygen atoms in total. The molecule has 2 aromatic rings. The number of carbonyl (C=O) groups excluding carboxylic acids is 1. The van der Waals surface area contributed by atoms with Crippen molar-refractivity contribution in [2.24, 2.45) is 0 Å².